The summed E-state index contributed by atoms with van der Waals surface area (Å²) in [7, 11) is -2.36. The van der Waals surface area contributed by atoms with Gasteiger partial charge >= 0.3 is 16.7 Å². The Morgan fingerprint density at radius 1 is 1.36 bits per heavy atom. The molecule has 0 aliphatic carbocycles. The molecule has 0 bridgehead atoms. The highest BCUT2D eigenvalue weighted by molar-refractivity contribution is 7.58. The number of aliphatic carboxylic acids is 1. The highest BCUT2D eigenvalue weighted by Crippen LogP contribution is 2.11. The van der Waals surface area contributed by atoms with E-state index in [1.165, 1.54) is 0 Å². The first-order valence-electron chi connectivity index (χ1n) is 1.79. The SMILES string of the molecule is O=C([O-])C(F)(F)F.[NH2+]=S(=O)=O. The molecule has 0 spiro atoms. The van der Waals surface area contributed by atoms with Crippen molar-refractivity contribution >= 4 is 16.5 Å². The second-order valence-electron chi connectivity index (χ2n) is 1.05. The zero-order chi connectivity index (χ0) is 9.65. The first kappa shape index (κ1) is 12.5. The van der Waals surface area contributed by atoms with Crippen LogP contribution in [-0.2, 0) is 15.3 Å². The minimum Gasteiger partial charge on any atom is -0.542 e. The molecular weight excluding hydrogens is 191 g/mol. The molecule has 0 atom stereocenters. The number of hydrogen-bond acceptors (Lipinski definition) is 4. The molecule has 0 heterocycles. The minimum absolute atomic E-state index is 2.36. The first-order chi connectivity index (χ1) is 4.68. The van der Waals surface area contributed by atoms with E-state index in [4.69, 9.17) is 18.3 Å². The number of hydrogen-bond donors (Lipinski definition) is 1. The summed E-state index contributed by atoms with van der Waals surface area (Å²) in [5.41, 5.74) is 0. The second-order valence-corrected chi connectivity index (χ2v) is 1.57. The first-order valence-corrected chi connectivity index (χ1v) is 2.93. The smallest absolute Gasteiger partial charge is 0.455 e. The van der Waals surface area contributed by atoms with Gasteiger partial charge in [-0.2, -0.15) is 13.2 Å². The van der Waals surface area contributed by atoms with Gasteiger partial charge in [-0.05, 0) is 0 Å². The van der Waals surface area contributed by atoms with Crippen LogP contribution >= 0.6 is 0 Å². The molecule has 0 aliphatic rings. The van der Waals surface area contributed by atoms with Crippen molar-refractivity contribution in [3.05, 3.63) is 0 Å². The van der Waals surface area contributed by atoms with Gasteiger partial charge in [0.25, 0.3) is 0 Å². The molecule has 0 rings (SSSR count). The van der Waals surface area contributed by atoms with Gasteiger partial charge in [-0.3, -0.25) is 0 Å². The van der Waals surface area contributed by atoms with Crippen LogP contribution in [0.2, 0.25) is 0 Å². The minimum atomic E-state index is -5.19. The van der Waals surface area contributed by atoms with Crippen LogP contribution in [0.15, 0.2) is 0 Å². The van der Waals surface area contributed by atoms with Crippen molar-refractivity contribution < 1.29 is 36.3 Å². The lowest BCUT2D eigenvalue weighted by molar-refractivity contribution is -0.344. The van der Waals surface area contributed by atoms with E-state index in [0.29, 0.717) is 0 Å². The maximum atomic E-state index is 10.5. The van der Waals surface area contributed by atoms with Gasteiger partial charge in [0.2, 0.25) is 0 Å². The van der Waals surface area contributed by atoms with Gasteiger partial charge in [0.1, 0.15) is 5.97 Å². The summed E-state index contributed by atoms with van der Waals surface area (Å²) in [4.78, 5) is 8.78. The molecule has 0 amide bonds. The maximum absolute atomic E-state index is 10.5. The lowest BCUT2D eigenvalue weighted by Gasteiger charge is -2.03. The zero-order valence-electron chi connectivity index (χ0n) is 4.75. The van der Waals surface area contributed by atoms with Gasteiger partial charge in [-0.1, -0.05) is 0 Å². The van der Waals surface area contributed by atoms with Crippen LogP contribution in [0.1, 0.15) is 0 Å². The number of carboxylic acid groups (broad SMARTS) is 1. The molecule has 9 heteroatoms. The fourth-order valence-corrected chi connectivity index (χ4v) is 0. The van der Waals surface area contributed by atoms with Gasteiger partial charge in [0.05, 0.1) is 0 Å². The van der Waals surface area contributed by atoms with Crippen LogP contribution in [-0.4, -0.2) is 20.6 Å². The average molecular weight is 193 g/mol. The van der Waals surface area contributed by atoms with Crippen molar-refractivity contribution in [2.45, 2.75) is 6.18 Å². The molecule has 66 valence electrons. The number of halogens is 3. The Labute approximate surface area is 59.9 Å². The van der Waals surface area contributed by atoms with E-state index in [1.54, 1.807) is 0 Å². The van der Waals surface area contributed by atoms with E-state index in [2.05, 4.69) is 4.78 Å². The summed E-state index contributed by atoms with van der Waals surface area (Å²) >= 11 is 0. The topological polar surface area (TPSA) is 99.9 Å². The molecule has 0 radical (unpaired) electrons. The molecule has 0 aromatic heterocycles. The van der Waals surface area contributed by atoms with Crippen LogP contribution in [0.5, 0.6) is 0 Å². The third kappa shape index (κ3) is 17.7. The molecule has 0 saturated heterocycles. The molecule has 0 unspecified atom stereocenters. The second kappa shape index (κ2) is 4.66. The maximum Gasteiger partial charge on any atom is 0.455 e. The van der Waals surface area contributed by atoms with Crippen molar-refractivity contribution in [1.82, 2.24) is 0 Å². The van der Waals surface area contributed by atoms with Gasteiger partial charge in [-0.15, -0.1) is 13.2 Å². The van der Waals surface area contributed by atoms with Crippen LogP contribution in [0.25, 0.3) is 0 Å². The third-order valence-electron chi connectivity index (χ3n) is 0.231. The lowest BCUT2D eigenvalue weighted by atomic mass is 10.7. The highest BCUT2D eigenvalue weighted by atomic mass is 32.2. The van der Waals surface area contributed by atoms with Gasteiger partial charge in [0, 0.05) is 0 Å². The molecule has 0 aromatic rings. The van der Waals surface area contributed by atoms with Crippen LogP contribution in [0.4, 0.5) is 13.2 Å². The summed E-state index contributed by atoms with van der Waals surface area (Å²) < 4.78 is 53.1. The van der Waals surface area contributed by atoms with E-state index in [1.807, 2.05) is 0 Å². The highest BCUT2D eigenvalue weighted by Gasteiger charge is 2.28. The van der Waals surface area contributed by atoms with Crippen molar-refractivity contribution in [1.29, 1.82) is 0 Å². The Hall–Kier alpha value is -1.12. The molecule has 2 N–H and O–H groups in total. The Morgan fingerprint density at radius 3 is 1.45 bits per heavy atom. The molecule has 0 aliphatic heterocycles. The Bertz CT molecular complexity index is 219. The average Bonchev–Trinajstić information content (AvgIpc) is 1.59. The van der Waals surface area contributed by atoms with Gasteiger partial charge in [0.15, 0.2) is 0 Å². The molecule has 11 heavy (non-hydrogen) atoms. The molecule has 5 nitrogen and oxygen atoms in total. The summed E-state index contributed by atoms with van der Waals surface area (Å²) in [6, 6.07) is 0. The van der Waals surface area contributed by atoms with E-state index < -0.39 is 22.6 Å². The Kier molecular flexibility index (Phi) is 5.31. The Balaban J connectivity index is 0. The number of carbonyl (C=O) groups is 1. The molecule has 0 saturated carbocycles. The van der Waals surface area contributed by atoms with Crippen LogP contribution in [0, 0.1) is 0 Å². The summed E-state index contributed by atoms with van der Waals surface area (Å²) in [6.45, 7) is 0. The third-order valence-corrected chi connectivity index (χ3v) is 0.231. The van der Waals surface area contributed by atoms with E-state index in [0.717, 1.165) is 0 Å². The van der Waals surface area contributed by atoms with E-state index in [-0.39, 0.29) is 0 Å². The number of alkyl halides is 3. The van der Waals surface area contributed by atoms with Crippen molar-refractivity contribution in [3.63, 3.8) is 0 Å². The fourth-order valence-electron chi connectivity index (χ4n) is 0. The molecule has 0 aromatic carbocycles. The summed E-state index contributed by atoms with van der Waals surface area (Å²) in [5.74, 6) is -3.01. The predicted octanol–water partition coefficient (Wildman–Crippen LogP) is -2.89. The number of carboxylic acids is 1. The number of rotatable bonds is 0. The largest absolute Gasteiger partial charge is 0.542 e. The molecule has 0 fully saturated rings. The van der Waals surface area contributed by atoms with Gasteiger partial charge in [-0.25, -0.2) is 0 Å². The summed E-state index contributed by atoms with van der Waals surface area (Å²) in [6.07, 6.45) is -5.19. The predicted molar refractivity (Wildman–Crippen MR) is 21.9 cm³/mol. The van der Waals surface area contributed by atoms with Crippen molar-refractivity contribution in [3.8, 4) is 0 Å². The lowest BCUT2D eigenvalue weighted by Crippen LogP contribution is -2.37. The number of carbonyl (C=O) groups excluding carboxylic acids is 1. The normalized spacial score (nSPS) is 9.36. The van der Waals surface area contributed by atoms with Crippen molar-refractivity contribution in [2.24, 2.45) is 0 Å². The number of nitrogens with two attached hydrogens (primary N) is 1. The standard InChI is InChI=1S/C2HF3O2.HNO2S/c3-2(4,5)1(6)7;1-4(2)3/h(H,6,7);1H. The van der Waals surface area contributed by atoms with Crippen LogP contribution in [0.3, 0.4) is 0 Å². The quantitative estimate of drug-likeness (QED) is 0.446. The molecular formula is C2H2F3NO4S. The van der Waals surface area contributed by atoms with Crippen molar-refractivity contribution in [2.75, 3.05) is 0 Å². The zero-order valence-corrected chi connectivity index (χ0v) is 5.57. The summed E-state index contributed by atoms with van der Waals surface area (Å²) in [5, 5.41) is 8.78. The van der Waals surface area contributed by atoms with Gasteiger partial charge < -0.3 is 9.90 Å². The Morgan fingerprint density at radius 2 is 1.45 bits per heavy atom. The van der Waals surface area contributed by atoms with E-state index >= 15 is 0 Å². The fraction of sp³-hybridized carbons (Fsp3) is 0.500. The monoisotopic (exact) mass is 193 g/mol. The van der Waals surface area contributed by atoms with E-state index in [9.17, 15) is 13.2 Å². The van der Waals surface area contributed by atoms with Crippen LogP contribution < -0.4 is 9.89 Å².